The van der Waals surface area contributed by atoms with Crippen LogP contribution in [0.3, 0.4) is 0 Å². The van der Waals surface area contributed by atoms with E-state index in [0.29, 0.717) is 13.0 Å². The molecule has 0 bridgehead atoms. The van der Waals surface area contributed by atoms with Gasteiger partial charge in [-0.3, -0.25) is 0 Å². The van der Waals surface area contributed by atoms with E-state index >= 15 is 0 Å². The number of nitriles is 1. The van der Waals surface area contributed by atoms with Gasteiger partial charge in [-0.15, -0.1) is 0 Å². The Morgan fingerprint density at radius 3 is 2.85 bits per heavy atom. The monoisotopic (exact) mass is 176 g/mol. The average molecular weight is 176 g/mol. The molecule has 3 heteroatoms. The van der Waals surface area contributed by atoms with Gasteiger partial charge in [-0.05, 0) is 11.6 Å². The molecule has 0 aromatic heterocycles. The van der Waals surface area contributed by atoms with Crippen LogP contribution in [-0.2, 0) is 13.0 Å². The summed E-state index contributed by atoms with van der Waals surface area (Å²) in [7, 11) is 1.59. The lowest BCUT2D eigenvalue weighted by molar-refractivity contribution is 0.410. The fraction of sp³-hybridized carbons (Fsp3) is 0.300. The van der Waals surface area contributed by atoms with Gasteiger partial charge in [-0.25, -0.2) is 0 Å². The Balaban J connectivity index is 3.14. The van der Waals surface area contributed by atoms with Gasteiger partial charge in [-0.1, -0.05) is 12.1 Å². The third-order valence-electron chi connectivity index (χ3n) is 1.93. The first kappa shape index (κ1) is 9.56. The van der Waals surface area contributed by atoms with Gasteiger partial charge < -0.3 is 10.5 Å². The lowest BCUT2D eigenvalue weighted by atomic mass is 10.0. The van der Waals surface area contributed by atoms with Crippen LogP contribution in [0.4, 0.5) is 0 Å². The summed E-state index contributed by atoms with van der Waals surface area (Å²) in [6.45, 7) is 0.439. The van der Waals surface area contributed by atoms with Crippen LogP contribution in [-0.4, -0.2) is 7.11 Å². The highest BCUT2D eigenvalue weighted by Gasteiger charge is 2.06. The molecule has 0 aliphatic heterocycles. The van der Waals surface area contributed by atoms with Crippen molar-refractivity contribution in [1.29, 1.82) is 5.26 Å². The Labute approximate surface area is 77.7 Å². The number of benzene rings is 1. The first-order valence-corrected chi connectivity index (χ1v) is 4.05. The highest BCUT2D eigenvalue weighted by molar-refractivity contribution is 5.41. The van der Waals surface area contributed by atoms with Crippen LogP contribution in [0.5, 0.6) is 5.75 Å². The molecule has 0 radical (unpaired) electrons. The van der Waals surface area contributed by atoms with Crippen LogP contribution in [0, 0.1) is 11.3 Å². The molecule has 3 nitrogen and oxygen atoms in total. The van der Waals surface area contributed by atoms with Gasteiger partial charge >= 0.3 is 0 Å². The van der Waals surface area contributed by atoms with Gasteiger partial charge in [0.1, 0.15) is 5.75 Å². The van der Waals surface area contributed by atoms with E-state index in [2.05, 4.69) is 6.07 Å². The van der Waals surface area contributed by atoms with Crippen LogP contribution in [0.15, 0.2) is 18.2 Å². The molecule has 0 aliphatic carbocycles. The molecule has 0 amide bonds. The quantitative estimate of drug-likeness (QED) is 0.753. The van der Waals surface area contributed by atoms with Crippen LogP contribution < -0.4 is 10.5 Å². The summed E-state index contributed by atoms with van der Waals surface area (Å²) in [4.78, 5) is 0. The molecule has 1 aromatic carbocycles. The molecule has 0 atom stereocenters. The molecular weight excluding hydrogens is 164 g/mol. The van der Waals surface area contributed by atoms with Gasteiger partial charge in [0, 0.05) is 12.1 Å². The number of nitrogens with two attached hydrogens (primary N) is 1. The zero-order valence-electron chi connectivity index (χ0n) is 7.58. The minimum atomic E-state index is 0.344. The van der Waals surface area contributed by atoms with Gasteiger partial charge in [0.05, 0.1) is 19.6 Å². The number of methoxy groups -OCH3 is 1. The maximum atomic E-state index is 8.61. The fourth-order valence-electron chi connectivity index (χ4n) is 1.27. The van der Waals surface area contributed by atoms with Gasteiger partial charge in [0.25, 0.3) is 0 Å². The average Bonchev–Trinajstić information content (AvgIpc) is 2.18. The lowest BCUT2D eigenvalue weighted by Crippen LogP contribution is -2.03. The van der Waals surface area contributed by atoms with Crippen molar-refractivity contribution in [2.45, 2.75) is 13.0 Å². The summed E-state index contributed by atoms with van der Waals surface area (Å²) in [6.07, 6.45) is 0.344. The number of nitrogens with zero attached hydrogens (tertiary/aromatic N) is 1. The maximum absolute atomic E-state index is 8.61. The van der Waals surface area contributed by atoms with Crippen LogP contribution in [0.2, 0.25) is 0 Å². The Morgan fingerprint density at radius 2 is 2.31 bits per heavy atom. The Bertz CT molecular complexity index is 306. The molecule has 0 spiro atoms. The van der Waals surface area contributed by atoms with Gasteiger partial charge in [0.2, 0.25) is 0 Å². The second-order valence-corrected chi connectivity index (χ2v) is 2.64. The molecule has 2 N–H and O–H groups in total. The summed E-state index contributed by atoms with van der Waals surface area (Å²) < 4.78 is 5.13. The molecule has 0 saturated carbocycles. The first-order chi connectivity index (χ1) is 6.33. The van der Waals surface area contributed by atoms with Crippen molar-refractivity contribution in [3.05, 3.63) is 29.3 Å². The highest BCUT2D eigenvalue weighted by Crippen LogP contribution is 2.22. The third-order valence-corrected chi connectivity index (χ3v) is 1.93. The predicted octanol–water partition coefficient (Wildman–Crippen LogP) is 1.22. The minimum Gasteiger partial charge on any atom is -0.496 e. The molecule has 0 aliphatic rings. The molecule has 0 saturated heterocycles. The number of hydrogen-bond acceptors (Lipinski definition) is 3. The molecular formula is C10H12N2O. The largest absolute Gasteiger partial charge is 0.496 e. The van der Waals surface area contributed by atoms with Crippen molar-refractivity contribution < 1.29 is 4.74 Å². The van der Waals surface area contributed by atoms with Crippen molar-refractivity contribution in [3.63, 3.8) is 0 Å². The SMILES string of the molecule is COc1cccc(CN)c1CC#N. The van der Waals surface area contributed by atoms with E-state index in [4.69, 9.17) is 15.7 Å². The van der Waals surface area contributed by atoms with Gasteiger partial charge in [-0.2, -0.15) is 5.26 Å². The lowest BCUT2D eigenvalue weighted by Gasteiger charge is -2.09. The number of hydrogen-bond donors (Lipinski definition) is 1. The Morgan fingerprint density at radius 1 is 1.54 bits per heavy atom. The van der Waals surface area contributed by atoms with E-state index in [9.17, 15) is 0 Å². The van der Waals surface area contributed by atoms with Crippen molar-refractivity contribution in [2.24, 2.45) is 5.73 Å². The summed E-state index contributed by atoms with van der Waals surface area (Å²) in [5.41, 5.74) is 7.41. The normalized spacial score (nSPS) is 9.31. The van der Waals surface area contributed by atoms with E-state index in [-0.39, 0.29) is 0 Å². The second kappa shape index (κ2) is 4.48. The summed E-state index contributed by atoms with van der Waals surface area (Å²) in [5, 5.41) is 8.61. The van der Waals surface area contributed by atoms with E-state index < -0.39 is 0 Å². The minimum absolute atomic E-state index is 0.344. The molecule has 1 rings (SSSR count). The maximum Gasteiger partial charge on any atom is 0.123 e. The van der Waals surface area contributed by atoms with Crippen LogP contribution in [0.25, 0.3) is 0 Å². The first-order valence-electron chi connectivity index (χ1n) is 4.05. The zero-order chi connectivity index (χ0) is 9.68. The zero-order valence-corrected chi connectivity index (χ0v) is 7.58. The fourth-order valence-corrected chi connectivity index (χ4v) is 1.27. The molecule has 0 heterocycles. The standard InChI is InChI=1S/C10H12N2O/c1-13-10-4-2-3-8(7-12)9(10)5-6-11/h2-4H,5,7,12H2,1H3. The Kier molecular flexibility index (Phi) is 3.30. The summed E-state index contributed by atoms with van der Waals surface area (Å²) in [5.74, 6) is 0.740. The Hall–Kier alpha value is -1.53. The van der Waals surface area contributed by atoms with Crippen molar-refractivity contribution >= 4 is 0 Å². The van der Waals surface area contributed by atoms with Crippen LogP contribution in [0.1, 0.15) is 11.1 Å². The highest BCUT2D eigenvalue weighted by atomic mass is 16.5. The topological polar surface area (TPSA) is 59.0 Å². The second-order valence-electron chi connectivity index (χ2n) is 2.64. The van der Waals surface area contributed by atoms with E-state index in [1.165, 1.54) is 0 Å². The molecule has 0 fully saturated rings. The number of rotatable bonds is 3. The van der Waals surface area contributed by atoms with Crippen LogP contribution >= 0.6 is 0 Å². The van der Waals surface area contributed by atoms with E-state index in [0.717, 1.165) is 16.9 Å². The molecule has 0 unspecified atom stereocenters. The van der Waals surface area contributed by atoms with Crippen molar-refractivity contribution in [3.8, 4) is 11.8 Å². The third kappa shape index (κ3) is 1.98. The smallest absolute Gasteiger partial charge is 0.123 e. The summed E-state index contributed by atoms with van der Waals surface area (Å²) >= 11 is 0. The van der Waals surface area contributed by atoms with Gasteiger partial charge in [0.15, 0.2) is 0 Å². The molecule has 68 valence electrons. The van der Waals surface area contributed by atoms with Crippen molar-refractivity contribution in [1.82, 2.24) is 0 Å². The van der Waals surface area contributed by atoms with Crippen molar-refractivity contribution in [2.75, 3.05) is 7.11 Å². The van der Waals surface area contributed by atoms with E-state index in [1.807, 2.05) is 18.2 Å². The molecule has 1 aromatic rings. The number of ether oxygens (including phenoxy) is 1. The predicted molar refractivity (Wildman–Crippen MR) is 50.2 cm³/mol. The summed E-state index contributed by atoms with van der Waals surface area (Å²) in [6, 6.07) is 7.73. The van der Waals surface area contributed by atoms with E-state index in [1.54, 1.807) is 7.11 Å². The molecule has 13 heavy (non-hydrogen) atoms.